The number of hydrogen-bond donors (Lipinski definition) is 4. The Morgan fingerprint density at radius 2 is 1.77 bits per heavy atom. The van der Waals surface area contributed by atoms with Gasteiger partial charge in [-0.25, -0.2) is 4.79 Å². The molecule has 7 heteroatoms. The number of rotatable bonds is 7. The van der Waals surface area contributed by atoms with E-state index in [1.54, 1.807) is 6.08 Å². The van der Waals surface area contributed by atoms with Gasteiger partial charge >= 0.3 is 17.9 Å². The second-order valence-corrected chi connectivity index (χ2v) is 5.47. The van der Waals surface area contributed by atoms with Crippen molar-refractivity contribution in [2.24, 2.45) is 11.8 Å². The van der Waals surface area contributed by atoms with Crippen LogP contribution < -0.4 is 5.32 Å². The van der Waals surface area contributed by atoms with E-state index in [0.717, 1.165) is 5.57 Å². The highest BCUT2D eigenvalue weighted by atomic mass is 16.4. The third-order valence-electron chi connectivity index (χ3n) is 3.97. The van der Waals surface area contributed by atoms with Crippen molar-refractivity contribution in [2.75, 3.05) is 6.54 Å². The van der Waals surface area contributed by atoms with Gasteiger partial charge in [-0.1, -0.05) is 17.7 Å². The Balaban J connectivity index is 2.83. The summed E-state index contributed by atoms with van der Waals surface area (Å²) < 4.78 is 0. The van der Waals surface area contributed by atoms with Gasteiger partial charge in [-0.2, -0.15) is 0 Å². The van der Waals surface area contributed by atoms with Crippen LogP contribution in [0.5, 0.6) is 0 Å². The molecule has 1 unspecified atom stereocenters. The second-order valence-electron chi connectivity index (χ2n) is 5.47. The summed E-state index contributed by atoms with van der Waals surface area (Å²) >= 11 is 0. The van der Waals surface area contributed by atoms with Gasteiger partial charge in [0.05, 0.1) is 6.42 Å². The normalized spacial score (nSPS) is 26.0. The molecule has 0 aromatic heterocycles. The summed E-state index contributed by atoms with van der Waals surface area (Å²) in [6, 6.07) is -0.874. The lowest BCUT2D eigenvalue weighted by Crippen LogP contribution is -2.36. The van der Waals surface area contributed by atoms with E-state index in [2.05, 4.69) is 5.32 Å². The molecule has 3 atom stereocenters. The minimum Gasteiger partial charge on any atom is -0.481 e. The number of allylic oxidation sites excluding steroid dienone is 2. The molecular formula is C15H21NO6. The first-order valence-corrected chi connectivity index (χ1v) is 6.98. The van der Waals surface area contributed by atoms with Crippen molar-refractivity contribution in [2.45, 2.75) is 32.7 Å². The van der Waals surface area contributed by atoms with Gasteiger partial charge in [0.15, 0.2) is 0 Å². The molecule has 1 heterocycles. The average Bonchev–Trinajstić information content (AvgIpc) is 2.81. The Morgan fingerprint density at radius 3 is 2.27 bits per heavy atom. The van der Waals surface area contributed by atoms with E-state index in [9.17, 15) is 14.4 Å². The SMILES string of the molecule is C/C(=C\C/C=C(\C)C1CN[C@H](C(=O)O)[C@H]1CC(=O)O)C(=O)O. The zero-order chi connectivity index (χ0) is 16.9. The van der Waals surface area contributed by atoms with Crippen molar-refractivity contribution in [3.05, 3.63) is 23.3 Å². The standard InChI is InChI=1S/C15H21NO6/c1-8(4-3-5-9(2)14(19)20)11-7-16-13(15(21)22)10(11)6-12(17)18/h4-5,10-11,13,16H,3,6-7H2,1-2H3,(H,17,18)(H,19,20)(H,21,22)/b8-4+,9-5+/t10-,11?,13-/m0/s1. The van der Waals surface area contributed by atoms with E-state index in [0.29, 0.717) is 13.0 Å². The van der Waals surface area contributed by atoms with E-state index >= 15 is 0 Å². The molecule has 1 fully saturated rings. The predicted octanol–water partition coefficient (Wildman–Crippen LogP) is 1.12. The highest BCUT2D eigenvalue weighted by Gasteiger charge is 2.41. The summed E-state index contributed by atoms with van der Waals surface area (Å²) in [5.74, 6) is -3.77. The van der Waals surface area contributed by atoms with Crippen molar-refractivity contribution in [1.82, 2.24) is 5.32 Å². The highest BCUT2D eigenvalue weighted by Crippen LogP contribution is 2.31. The molecular weight excluding hydrogens is 290 g/mol. The van der Waals surface area contributed by atoms with E-state index < -0.39 is 29.9 Å². The van der Waals surface area contributed by atoms with Crippen LogP contribution in [0.1, 0.15) is 26.7 Å². The van der Waals surface area contributed by atoms with Crippen LogP contribution in [0.4, 0.5) is 0 Å². The fraction of sp³-hybridized carbons (Fsp3) is 0.533. The lowest BCUT2D eigenvalue weighted by molar-refractivity contribution is -0.142. The first kappa shape index (κ1) is 17.9. The van der Waals surface area contributed by atoms with Crippen LogP contribution in [0.15, 0.2) is 23.3 Å². The summed E-state index contributed by atoms with van der Waals surface area (Å²) in [4.78, 5) is 32.8. The van der Waals surface area contributed by atoms with Crippen molar-refractivity contribution in [3.8, 4) is 0 Å². The van der Waals surface area contributed by atoms with Crippen LogP contribution in [-0.4, -0.2) is 45.8 Å². The van der Waals surface area contributed by atoms with E-state index in [-0.39, 0.29) is 17.9 Å². The highest BCUT2D eigenvalue weighted by molar-refractivity contribution is 5.85. The Bertz CT molecular complexity index is 522. The lowest BCUT2D eigenvalue weighted by atomic mass is 9.83. The quantitative estimate of drug-likeness (QED) is 0.410. The van der Waals surface area contributed by atoms with Gasteiger partial charge in [0.25, 0.3) is 0 Å². The predicted molar refractivity (Wildman–Crippen MR) is 78.4 cm³/mol. The third kappa shape index (κ3) is 4.70. The molecule has 0 bridgehead atoms. The Hall–Kier alpha value is -2.15. The number of carboxylic acids is 3. The maximum absolute atomic E-state index is 11.2. The largest absolute Gasteiger partial charge is 0.481 e. The first-order chi connectivity index (χ1) is 10.2. The molecule has 122 valence electrons. The van der Waals surface area contributed by atoms with Crippen molar-refractivity contribution in [1.29, 1.82) is 0 Å². The topological polar surface area (TPSA) is 124 Å². The van der Waals surface area contributed by atoms with Crippen LogP contribution in [0.25, 0.3) is 0 Å². The van der Waals surface area contributed by atoms with Gasteiger partial charge in [0.2, 0.25) is 0 Å². The number of aliphatic carboxylic acids is 3. The smallest absolute Gasteiger partial charge is 0.330 e. The molecule has 0 spiro atoms. The zero-order valence-corrected chi connectivity index (χ0v) is 12.6. The fourth-order valence-electron chi connectivity index (χ4n) is 2.68. The Morgan fingerprint density at radius 1 is 1.14 bits per heavy atom. The average molecular weight is 311 g/mol. The van der Waals surface area contributed by atoms with Crippen molar-refractivity contribution in [3.63, 3.8) is 0 Å². The summed E-state index contributed by atoms with van der Waals surface area (Å²) in [5.41, 5.74) is 1.11. The second kappa shape index (κ2) is 7.74. The van der Waals surface area contributed by atoms with Crippen LogP contribution in [0.2, 0.25) is 0 Å². The minimum atomic E-state index is -1.05. The molecule has 0 amide bonds. The molecule has 22 heavy (non-hydrogen) atoms. The molecule has 0 aromatic carbocycles. The summed E-state index contributed by atoms with van der Waals surface area (Å²) in [6.45, 7) is 3.71. The molecule has 7 nitrogen and oxygen atoms in total. The number of hydrogen-bond acceptors (Lipinski definition) is 4. The van der Waals surface area contributed by atoms with Gasteiger partial charge in [-0.15, -0.1) is 0 Å². The van der Waals surface area contributed by atoms with E-state index in [4.69, 9.17) is 15.3 Å². The molecule has 0 aromatic rings. The molecule has 0 radical (unpaired) electrons. The fourth-order valence-corrected chi connectivity index (χ4v) is 2.68. The van der Waals surface area contributed by atoms with Gasteiger partial charge in [-0.05, 0) is 26.2 Å². The minimum absolute atomic E-state index is 0.185. The Labute approximate surface area is 128 Å². The van der Waals surface area contributed by atoms with Crippen molar-refractivity contribution >= 4 is 17.9 Å². The zero-order valence-electron chi connectivity index (χ0n) is 12.6. The first-order valence-electron chi connectivity index (χ1n) is 6.98. The maximum atomic E-state index is 11.2. The van der Waals surface area contributed by atoms with Crippen LogP contribution >= 0.6 is 0 Å². The summed E-state index contributed by atoms with van der Waals surface area (Å²) in [5, 5.41) is 29.7. The van der Waals surface area contributed by atoms with Crippen LogP contribution in [0, 0.1) is 11.8 Å². The molecule has 0 aliphatic carbocycles. The van der Waals surface area contributed by atoms with Crippen LogP contribution in [0.3, 0.4) is 0 Å². The molecule has 4 N–H and O–H groups in total. The molecule has 1 rings (SSSR count). The van der Waals surface area contributed by atoms with Gasteiger partial charge in [0, 0.05) is 18.0 Å². The summed E-state index contributed by atoms with van der Waals surface area (Å²) in [6.07, 6.45) is 3.58. The van der Waals surface area contributed by atoms with E-state index in [1.165, 1.54) is 6.92 Å². The van der Waals surface area contributed by atoms with Gasteiger partial charge < -0.3 is 20.6 Å². The summed E-state index contributed by atoms with van der Waals surface area (Å²) in [7, 11) is 0. The molecule has 0 saturated carbocycles. The monoisotopic (exact) mass is 311 g/mol. The molecule has 1 aliphatic heterocycles. The molecule has 1 saturated heterocycles. The maximum Gasteiger partial charge on any atom is 0.330 e. The number of nitrogens with one attached hydrogen (secondary N) is 1. The molecule has 1 aliphatic rings. The number of carboxylic acid groups (broad SMARTS) is 3. The van der Waals surface area contributed by atoms with Crippen molar-refractivity contribution < 1.29 is 29.7 Å². The number of carbonyl (C=O) groups is 3. The Kier molecular flexibility index (Phi) is 6.30. The lowest BCUT2D eigenvalue weighted by Gasteiger charge is -2.20. The van der Waals surface area contributed by atoms with Crippen LogP contribution in [-0.2, 0) is 14.4 Å². The van der Waals surface area contributed by atoms with E-state index in [1.807, 2.05) is 13.0 Å². The van der Waals surface area contributed by atoms with Gasteiger partial charge in [-0.3, -0.25) is 9.59 Å². The van der Waals surface area contributed by atoms with Gasteiger partial charge in [0.1, 0.15) is 6.04 Å². The third-order valence-corrected chi connectivity index (χ3v) is 3.97.